The summed E-state index contributed by atoms with van der Waals surface area (Å²) in [6, 6.07) is 32.0. The van der Waals surface area contributed by atoms with E-state index < -0.39 is 7.14 Å². The lowest BCUT2D eigenvalue weighted by atomic mass is 10.0. The molecule has 1 aromatic heterocycles. The molecule has 34 heavy (non-hydrogen) atoms. The number of rotatable bonds is 5. The number of hydrogen-bond donors (Lipinski definition) is 0. The van der Waals surface area contributed by atoms with Gasteiger partial charge >= 0.3 is 0 Å². The van der Waals surface area contributed by atoms with Crippen LogP contribution in [0.1, 0.15) is 16.7 Å². The Morgan fingerprint density at radius 2 is 1.24 bits per heavy atom. The Hall–Kier alpha value is -3.68. The lowest BCUT2D eigenvalue weighted by molar-refractivity contribution is 0.592. The molecule has 0 aliphatic heterocycles. The van der Waals surface area contributed by atoms with E-state index in [0.717, 1.165) is 33.0 Å². The fourth-order valence-electron chi connectivity index (χ4n) is 4.81. The highest BCUT2D eigenvalue weighted by atomic mass is 31.2. The van der Waals surface area contributed by atoms with Gasteiger partial charge in [-0.25, -0.2) is 4.98 Å². The quantitative estimate of drug-likeness (QED) is 0.296. The number of aryl methyl sites for hydroxylation is 3. The van der Waals surface area contributed by atoms with Crippen molar-refractivity contribution in [2.75, 3.05) is 0 Å². The van der Waals surface area contributed by atoms with Gasteiger partial charge < -0.3 is 4.57 Å². The Kier molecular flexibility index (Phi) is 5.81. The van der Waals surface area contributed by atoms with E-state index in [-0.39, 0.29) is 0 Å². The van der Waals surface area contributed by atoms with Crippen molar-refractivity contribution < 1.29 is 4.57 Å². The maximum Gasteiger partial charge on any atom is 0.171 e. The van der Waals surface area contributed by atoms with Gasteiger partial charge in [-0.15, -0.1) is 0 Å². The van der Waals surface area contributed by atoms with Crippen LogP contribution in [0.2, 0.25) is 0 Å². The minimum Gasteiger partial charge on any atom is -0.309 e. The zero-order valence-corrected chi connectivity index (χ0v) is 20.5. The minimum atomic E-state index is -3.05. The fraction of sp³-hybridized carbons (Fsp3) is 0.100. The molecule has 0 aliphatic carbocycles. The SMILES string of the molecule is Cc1cc(C)c(-n2ccnc2-c2cccc(P(=O)(c3ccccc3)c3ccccc3)c2)c(C)c1. The summed E-state index contributed by atoms with van der Waals surface area (Å²) in [6.07, 6.45) is 3.83. The molecule has 5 rings (SSSR count). The van der Waals surface area contributed by atoms with Crippen molar-refractivity contribution in [2.45, 2.75) is 20.8 Å². The molecule has 3 nitrogen and oxygen atoms in total. The predicted molar refractivity (Wildman–Crippen MR) is 143 cm³/mol. The van der Waals surface area contributed by atoms with Crippen LogP contribution in [0.15, 0.2) is 109 Å². The highest BCUT2D eigenvalue weighted by Crippen LogP contribution is 2.43. The zero-order valence-electron chi connectivity index (χ0n) is 19.6. The molecule has 5 aromatic rings. The Balaban J connectivity index is 1.69. The summed E-state index contributed by atoms with van der Waals surface area (Å²) in [5.74, 6) is 0.838. The van der Waals surface area contributed by atoms with Crippen LogP contribution in [0.25, 0.3) is 17.1 Å². The minimum absolute atomic E-state index is 0.800. The van der Waals surface area contributed by atoms with Crippen molar-refractivity contribution in [3.8, 4) is 17.1 Å². The van der Waals surface area contributed by atoms with Crippen molar-refractivity contribution in [3.05, 3.63) is 126 Å². The van der Waals surface area contributed by atoms with Crippen molar-refractivity contribution in [3.63, 3.8) is 0 Å². The summed E-state index contributed by atoms with van der Waals surface area (Å²) < 4.78 is 17.0. The number of hydrogen-bond acceptors (Lipinski definition) is 2. The standard InChI is InChI=1S/C30H27N2OP/c1-22-19-23(2)29(24(3)20-22)32-18-17-31-30(32)25-11-10-16-28(21-25)34(33,26-12-6-4-7-13-26)27-14-8-5-9-15-27/h4-21H,1-3H3. The van der Waals surface area contributed by atoms with Gasteiger partial charge in [-0.3, -0.25) is 4.57 Å². The first-order valence-corrected chi connectivity index (χ1v) is 13.1. The first kappa shape index (κ1) is 22.1. The smallest absolute Gasteiger partial charge is 0.171 e. The van der Waals surface area contributed by atoms with Crippen LogP contribution in [0, 0.1) is 20.8 Å². The average Bonchev–Trinajstić information content (AvgIpc) is 3.33. The van der Waals surface area contributed by atoms with Gasteiger partial charge in [0.2, 0.25) is 0 Å². The molecule has 0 spiro atoms. The summed E-state index contributed by atoms with van der Waals surface area (Å²) in [6.45, 7) is 6.38. The third kappa shape index (κ3) is 3.83. The zero-order chi connectivity index (χ0) is 23.7. The number of imidazole rings is 1. The molecule has 0 saturated carbocycles. The number of aromatic nitrogens is 2. The second-order valence-electron chi connectivity index (χ2n) is 8.70. The molecule has 1 heterocycles. The third-order valence-corrected chi connectivity index (χ3v) is 9.28. The van der Waals surface area contributed by atoms with Gasteiger partial charge in [0.25, 0.3) is 0 Å². The highest BCUT2D eigenvalue weighted by molar-refractivity contribution is 7.85. The topological polar surface area (TPSA) is 34.9 Å². The third-order valence-electron chi connectivity index (χ3n) is 6.22. The molecule has 4 aromatic carbocycles. The maximum atomic E-state index is 14.8. The van der Waals surface area contributed by atoms with E-state index in [2.05, 4.69) is 37.5 Å². The van der Waals surface area contributed by atoms with E-state index in [1.54, 1.807) is 0 Å². The van der Waals surface area contributed by atoms with Gasteiger partial charge in [0.15, 0.2) is 7.14 Å². The van der Waals surface area contributed by atoms with Gasteiger partial charge in [-0.2, -0.15) is 0 Å². The molecule has 0 N–H and O–H groups in total. The molecule has 0 fully saturated rings. The Labute approximate surface area is 201 Å². The first-order valence-electron chi connectivity index (χ1n) is 11.4. The largest absolute Gasteiger partial charge is 0.309 e. The molecule has 0 saturated heterocycles. The van der Waals surface area contributed by atoms with Crippen molar-refractivity contribution in [1.29, 1.82) is 0 Å². The lowest BCUT2D eigenvalue weighted by Crippen LogP contribution is -2.25. The molecular weight excluding hydrogens is 435 g/mol. The summed E-state index contributed by atoms with van der Waals surface area (Å²) in [7, 11) is -3.05. The average molecular weight is 463 g/mol. The van der Waals surface area contributed by atoms with Crippen LogP contribution in [0.5, 0.6) is 0 Å². The van der Waals surface area contributed by atoms with Crippen LogP contribution in [-0.2, 0) is 4.57 Å². The van der Waals surface area contributed by atoms with E-state index in [0.29, 0.717) is 0 Å². The molecule has 0 aliphatic rings. The monoisotopic (exact) mass is 462 g/mol. The van der Waals surface area contributed by atoms with Gasteiger partial charge in [0.05, 0.1) is 5.69 Å². The first-order chi connectivity index (χ1) is 16.5. The van der Waals surface area contributed by atoms with E-state index in [4.69, 9.17) is 4.98 Å². The van der Waals surface area contributed by atoms with Crippen molar-refractivity contribution in [2.24, 2.45) is 0 Å². The van der Waals surface area contributed by atoms with Gasteiger partial charge in [-0.1, -0.05) is 96.6 Å². The molecule has 0 amide bonds. The summed E-state index contributed by atoms with van der Waals surface area (Å²) in [4.78, 5) is 4.71. The van der Waals surface area contributed by atoms with Crippen LogP contribution < -0.4 is 15.9 Å². The Morgan fingerprint density at radius 1 is 0.676 bits per heavy atom. The predicted octanol–water partition coefficient (Wildman–Crippen LogP) is 6.10. The molecule has 4 heteroatoms. The second kappa shape index (κ2) is 8.93. The molecule has 0 atom stereocenters. The molecule has 0 radical (unpaired) electrons. The van der Waals surface area contributed by atoms with E-state index in [9.17, 15) is 4.57 Å². The van der Waals surface area contributed by atoms with Crippen LogP contribution in [0.4, 0.5) is 0 Å². The van der Waals surface area contributed by atoms with E-state index >= 15 is 0 Å². The van der Waals surface area contributed by atoms with Gasteiger partial charge in [0, 0.05) is 33.9 Å². The van der Waals surface area contributed by atoms with Crippen LogP contribution >= 0.6 is 7.14 Å². The summed E-state index contributed by atoms with van der Waals surface area (Å²) in [5.41, 5.74) is 5.72. The summed E-state index contributed by atoms with van der Waals surface area (Å²) >= 11 is 0. The molecule has 0 unspecified atom stereocenters. The second-order valence-corrected chi connectivity index (χ2v) is 11.5. The number of nitrogens with zero attached hydrogens (tertiary/aromatic N) is 2. The van der Waals surface area contributed by atoms with Gasteiger partial charge in [-0.05, 0) is 38.0 Å². The van der Waals surface area contributed by atoms with Gasteiger partial charge in [0.1, 0.15) is 5.82 Å². The van der Waals surface area contributed by atoms with Crippen LogP contribution in [0.3, 0.4) is 0 Å². The van der Waals surface area contributed by atoms with E-state index in [1.165, 1.54) is 16.7 Å². The van der Waals surface area contributed by atoms with Crippen LogP contribution in [-0.4, -0.2) is 9.55 Å². The fourth-order valence-corrected chi connectivity index (χ4v) is 7.51. The number of benzene rings is 4. The molecular formula is C30H27N2OP. The maximum absolute atomic E-state index is 14.8. The van der Waals surface area contributed by atoms with Crippen molar-refractivity contribution in [1.82, 2.24) is 9.55 Å². The molecule has 0 bridgehead atoms. The molecule has 168 valence electrons. The van der Waals surface area contributed by atoms with Crippen molar-refractivity contribution >= 4 is 23.1 Å². The Bertz CT molecular complexity index is 1440. The Morgan fingerprint density at radius 3 is 1.82 bits per heavy atom. The highest BCUT2D eigenvalue weighted by Gasteiger charge is 2.30. The summed E-state index contributed by atoms with van der Waals surface area (Å²) in [5, 5.41) is 2.45. The lowest BCUT2D eigenvalue weighted by Gasteiger charge is -2.21. The van der Waals surface area contributed by atoms with E-state index in [1.807, 2.05) is 97.3 Å². The normalized spacial score (nSPS) is 11.5.